The molecule has 6 rings (SSSR count). The zero-order chi connectivity index (χ0) is 35.2. The number of aliphatic imine (C=N–C) groups is 1. The predicted octanol–water partition coefficient (Wildman–Crippen LogP) is 4.35. The van der Waals surface area contributed by atoms with Crippen LogP contribution >= 0.6 is 11.6 Å². The minimum atomic E-state index is -1.03. The number of carbonyl (C=O) groups is 5. The normalized spacial score (nSPS) is 22.2. The average molecular weight is 689 g/mol. The number of aromatic nitrogens is 2. The third-order valence-corrected chi connectivity index (χ3v) is 9.85. The van der Waals surface area contributed by atoms with Crippen LogP contribution in [0.1, 0.15) is 78.2 Å². The molecule has 0 bridgehead atoms. The van der Waals surface area contributed by atoms with Gasteiger partial charge < -0.3 is 14.8 Å². The number of rotatable bonds is 11. The number of aryl methyl sites for hydroxylation is 1. The van der Waals surface area contributed by atoms with Crippen LogP contribution in [0.3, 0.4) is 0 Å². The molecule has 1 saturated heterocycles. The van der Waals surface area contributed by atoms with E-state index in [4.69, 9.17) is 21.1 Å². The summed E-state index contributed by atoms with van der Waals surface area (Å²) in [7, 11) is 0. The molecule has 1 unspecified atom stereocenters. The predicted molar refractivity (Wildman–Crippen MR) is 179 cm³/mol. The smallest absolute Gasteiger partial charge is 0.272 e. The van der Waals surface area contributed by atoms with Crippen LogP contribution < -0.4 is 20.1 Å². The molecule has 13 nitrogen and oxygen atoms in total. The molecule has 14 heteroatoms. The number of halogens is 1. The second kappa shape index (κ2) is 12.8. The van der Waals surface area contributed by atoms with Gasteiger partial charge in [0.2, 0.25) is 11.8 Å². The number of ether oxygens (including phenoxy) is 2. The van der Waals surface area contributed by atoms with Gasteiger partial charge in [0.25, 0.3) is 17.7 Å². The quantitative estimate of drug-likeness (QED) is 0.171. The van der Waals surface area contributed by atoms with Gasteiger partial charge in [0, 0.05) is 48.5 Å². The van der Waals surface area contributed by atoms with Gasteiger partial charge in [-0.05, 0) is 49.5 Å². The lowest BCUT2D eigenvalue weighted by molar-refractivity contribution is -0.164. The Bertz CT molecular complexity index is 1870. The molecule has 2 aliphatic heterocycles. The Morgan fingerprint density at radius 2 is 1.76 bits per heavy atom. The Balaban J connectivity index is 0.999. The molecule has 2 aromatic carbocycles. The van der Waals surface area contributed by atoms with Crippen LogP contribution in [0.5, 0.6) is 11.5 Å². The van der Waals surface area contributed by atoms with Crippen molar-refractivity contribution < 1.29 is 33.4 Å². The van der Waals surface area contributed by atoms with E-state index in [2.05, 4.69) is 55.1 Å². The van der Waals surface area contributed by atoms with E-state index in [0.29, 0.717) is 40.9 Å². The summed E-state index contributed by atoms with van der Waals surface area (Å²) in [6.45, 7) is 12.5. The van der Waals surface area contributed by atoms with E-state index in [1.165, 1.54) is 12.1 Å². The molecule has 1 saturated carbocycles. The zero-order valence-corrected chi connectivity index (χ0v) is 28.4. The Morgan fingerprint density at radius 3 is 2.45 bits per heavy atom. The highest BCUT2D eigenvalue weighted by Crippen LogP contribution is 2.55. The van der Waals surface area contributed by atoms with Gasteiger partial charge in [0.05, 0.1) is 28.4 Å². The number of hydrogen-bond donors (Lipinski definition) is 2. The molecule has 5 amide bonds. The topological polar surface area (TPSA) is 161 Å². The molecule has 0 spiro atoms. The van der Waals surface area contributed by atoms with Crippen LogP contribution in [0.15, 0.2) is 53.7 Å². The number of imide groups is 2. The van der Waals surface area contributed by atoms with Crippen LogP contribution in [0, 0.1) is 10.8 Å². The van der Waals surface area contributed by atoms with E-state index in [9.17, 15) is 24.0 Å². The summed E-state index contributed by atoms with van der Waals surface area (Å²) in [6.07, 6.45) is 2.21. The molecule has 0 radical (unpaired) electrons. The van der Waals surface area contributed by atoms with E-state index < -0.39 is 29.7 Å². The lowest BCUT2D eigenvalue weighted by Crippen LogP contribution is -2.74. The summed E-state index contributed by atoms with van der Waals surface area (Å²) in [5.74, 6) is -1.53. The number of nitrogens with zero attached hydrogens (tertiary/aromatic N) is 4. The molecule has 3 aromatic rings. The van der Waals surface area contributed by atoms with Crippen molar-refractivity contribution in [3.05, 3.63) is 70.5 Å². The summed E-state index contributed by atoms with van der Waals surface area (Å²) in [5, 5.41) is 10.2. The van der Waals surface area contributed by atoms with Gasteiger partial charge in [0.15, 0.2) is 0 Å². The highest BCUT2D eigenvalue weighted by atomic mass is 35.5. The van der Waals surface area contributed by atoms with Crippen molar-refractivity contribution in [3.63, 3.8) is 0 Å². The van der Waals surface area contributed by atoms with Crippen molar-refractivity contribution in [2.75, 3.05) is 6.61 Å². The van der Waals surface area contributed by atoms with Crippen LogP contribution in [0.4, 0.5) is 5.69 Å². The third kappa shape index (κ3) is 6.18. The monoisotopic (exact) mass is 688 g/mol. The van der Waals surface area contributed by atoms with Crippen molar-refractivity contribution >= 4 is 53.5 Å². The Labute approximate surface area is 288 Å². The maximum Gasteiger partial charge on any atom is 0.272 e. The number of fused-ring (bicyclic) bond motifs is 1. The first-order valence-corrected chi connectivity index (χ1v) is 16.4. The SMILES string of the molecule is C=Nc1ccc(O[C@H]2C(C)(C)[C@H](NC(=O)c3ccn(CCCOc4ccc5c(c4)C(=O)N(C4CCC(=O)NC4=O)C5=O)n3)C2(C)C)cc1Cl. The van der Waals surface area contributed by atoms with E-state index in [0.717, 1.165) is 4.90 Å². The standard InChI is InChI=1S/C35H37ClN6O7/c1-34(2)32(35(3,4)33(34)49-20-8-10-24(37-5)23(36)18-20)39-28(44)25-13-15-41(40-25)14-6-16-48-19-7-9-21-22(17-19)31(47)42(30(21)46)26-11-12-27(43)38-29(26)45/h7-10,13,15,17-18,26,32-33H,5-6,11-12,14,16H2,1-4H3,(H,39,44)(H,38,43,45)/t26?,32-,33-. The Morgan fingerprint density at radius 1 is 1.04 bits per heavy atom. The molecule has 1 atom stereocenters. The molecular formula is C35H37ClN6O7. The first-order chi connectivity index (χ1) is 23.2. The van der Waals surface area contributed by atoms with Gasteiger partial charge in [-0.2, -0.15) is 5.10 Å². The second-order valence-corrected chi connectivity index (χ2v) is 14.0. The molecule has 1 aliphatic carbocycles. The molecule has 2 fully saturated rings. The number of carbonyl (C=O) groups excluding carboxylic acids is 5. The first kappa shape index (κ1) is 33.8. The number of hydrogen-bond acceptors (Lipinski definition) is 9. The molecule has 3 aliphatic rings. The van der Waals surface area contributed by atoms with Crippen molar-refractivity contribution in [1.29, 1.82) is 0 Å². The van der Waals surface area contributed by atoms with Crippen LogP contribution in [0.2, 0.25) is 5.02 Å². The van der Waals surface area contributed by atoms with Crippen molar-refractivity contribution in [2.24, 2.45) is 15.8 Å². The highest BCUT2D eigenvalue weighted by Gasteiger charge is 2.64. The molecule has 2 N–H and O–H groups in total. The van der Waals surface area contributed by atoms with Gasteiger partial charge in [-0.15, -0.1) is 0 Å². The lowest BCUT2D eigenvalue weighted by Gasteiger charge is -2.63. The van der Waals surface area contributed by atoms with Gasteiger partial charge >= 0.3 is 0 Å². The minimum Gasteiger partial charge on any atom is -0.494 e. The van der Waals surface area contributed by atoms with Gasteiger partial charge in [-0.25, -0.2) is 0 Å². The Hall–Kier alpha value is -5.04. The average Bonchev–Trinajstić information content (AvgIpc) is 3.63. The summed E-state index contributed by atoms with van der Waals surface area (Å²) < 4.78 is 13.9. The molecular weight excluding hydrogens is 652 g/mol. The third-order valence-electron chi connectivity index (χ3n) is 9.54. The van der Waals surface area contributed by atoms with Crippen LogP contribution in [-0.4, -0.2) is 75.7 Å². The molecule has 256 valence electrons. The summed E-state index contributed by atoms with van der Waals surface area (Å²) in [4.78, 5) is 67.8. The maximum absolute atomic E-state index is 13.3. The van der Waals surface area contributed by atoms with E-state index >= 15 is 0 Å². The van der Waals surface area contributed by atoms with Crippen molar-refractivity contribution in [2.45, 2.75) is 71.7 Å². The fourth-order valence-electron chi connectivity index (χ4n) is 7.39. The highest BCUT2D eigenvalue weighted by molar-refractivity contribution is 6.33. The van der Waals surface area contributed by atoms with Gasteiger partial charge in [0.1, 0.15) is 29.3 Å². The first-order valence-electron chi connectivity index (χ1n) is 16.0. The number of nitrogens with one attached hydrogen (secondary N) is 2. The number of benzene rings is 2. The van der Waals surface area contributed by atoms with E-state index in [-0.39, 0.29) is 59.5 Å². The van der Waals surface area contributed by atoms with E-state index in [1.807, 2.05) is 0 Å². The van der Waals surface area contributed by atoms with Gasteiger partial charge in [-0.1, -0.05) is 39.3 Å². The second-order valence-electron chi connectivity index (χ2n) is 13.6. The van der Waals surface area contributed by atoms with Crippen LogP contribution in [-0.2, 0) is 16.1 Å². The summed E-state index contributed by atoms with van der Waals surface area (Å²) >= 11 is 6.29. The lowest BCUT2D eigenvalue weighted by atomic mass is 9.49. The fourth-order valence-corrected chi connectivity index (χ4v) is 7.62. The van der Waals surface area contributed by atoms with Crippen molar-refractivity contribution in [3.8, 4) is 11.5 Å². The minimum absolute atomic E-state index is 0.0507. The van der Waals surface area contributed by atoms with Crippen LogP contribution in [0.25, 0.3) is 0 Å². The van der Waals surface area contributed by atoms with Crippen molar-refractivity contribution in [1.82, 2.24) is 25.3 Å². The number of piperidine rings is 1. The maximum atomic E-state index is 13.3. The Kier molecular flexibility index (Phi) is 8.82. The molecule has 1 aromatic heterocycles. The molecule has 3 heterocycles. The largest absolute Gasteiger partial charge is 0.494 e. The zero-order valence-electron chi connectivity index (χ0n) is 27.6. The van der Waals surface area contributed by atoms with E-state index in [1.54, 1.807) is 41.2 Å². The molecule has 49 heavy (non-hydrogen) atoms. The summed E-state index contributed by atoms with van der Waals surface area (Å²) in [6, 6.07) is 10.3. The number of amides is 5. The van der Waals surface area contributed by atoms with Gasteiger partial charge in [-0.3, -0.25) is 43.9 Å². The fraction of sp³-hybridized carbons (Fsp3) is 0.400. The summed E-state index contributed by atoms with van der Waals surface area (Å²) in [5.41, 5.74) is 0.421.